The molecule has 0 saturated carbocycles. The summed E-state index contributed by atoms with van der Waals surface area (Å²) in [5.41, 5.74) is 6.68. The van der Waals surface area contributed by atoms with Crippen molar-refractivity contribution >= 4 is 23.7 Å². The average Bonchev–Trinajstić information content (AvgIpc) is 2.84. The molecule has 0 radical (unpaired) electrons. The first-order valence-corrected chi connectivity index (χ1v) is 11.7. The second-order valence-corrected chi connectivity index (χ2v) is 8.80. The number of rotatable bonds is 14. The predicted molar refractivity (Wildman–Crippen MR) is 129 cm³/mol. The predicted octanol–water partition coefficient (Wildman–Crippen LogP) is -0.114. The zero-order valence-electron chi connectivity index (χ0n) is 20.7. The molecule has 11 nitrogen and oxygen atoms in total. The third-order valence-corrected chi connectivity index (χ3v) is 6.16. The van der Waals surface area contributed by atoms with Crippen molar-refractivity contribution in [3.05, 3.63) is 29.8 Å². The van der Waals surface area contributed by atoms with Gasteiger partial charge in [-0.3, -0.25) is 14.4 Å². The number of amides is 3. The van der Waals surface area contributed by atoms with Crippen molar-refractivity contribution in [1.82, 2.24) is 16.0 Å². The molecule has 0 spiro atoms. The number of carboxylic acid groups (broad SMARTS) is 1. The Morgan fingerprint density at radius 1 is 0.857 bits per heavy atom. The van der Waals surface area contributed by atoms with E-state index in [-0.39, 0.29) is 24.0 Å². The van der Waals surface area contributed by atoms with E-state index in [1.807, 2.05) is 13.8 Å². The quantitative estimate of drug-likeness (QED) is 0.186. The van der Waals surface area contributed by atoms with Gasteiger partial charge in [-0.1, -0.05) is 52.7 Å². The summed E-state index contributed by atoms with van der Waals surface area (Å²) in [6, 6.07) is 1.55. The van der Waals surface area contributed by atoms with Crippen molar-refractivity contribution in [2.75, 3.05) is 6.61 Å². The van der Waals surface area contributed by atoms with Crippen LogP contribution in [0.2, 0.25) is 0 Å². The van der Waals surface area contributed by atoms with Crippen LogP contribution in [0.15, 0.2) is 24.3 Å². The molecule has 6 unspecified atom stereocenters. The lowest BCUT2D eigenvalue weighted by atomic mass is 9.96. The molecule has 0 fully saturated rings. The fourth-order valence-electron chi connectivity index (χ4n) is 3.26. The number of carbonyl (C=O) groups excluding carboxylic acids is 3. The molecule has 0 aliphatic carbocycles. The highest BCUT2D eigenvalue weighted by atomic mass is 16.4. The maximum absolute atomic E-state index is 13.3. The van der Waals surface area contributed by atoms with Crippen molar-refractivity contribution < 1.29 is 34.5 Å². The van der Waals surface area contributed by atoms with Crippen LogP contribution in [0.25, 0.3) is 0 Å². The Morgan fingerprint density at radius 3 is 1.89 bits per heavy atom. The Labute approximate surface area is 205 Å². The van der Waals surface area contributed by atoms with Gasteiger partial charge in [-0.2, -0.15) is 0 Å². The second kappa shape index (κ2) is 14.3. The Hall–Kier alpha value is -3.18. The van der Waals surface area contributed by atoms with Crippen LogP contribution in [-0.2, 0) is 25.6 Å². The molecule has 3 amide bonds. The number of nitrogens with one attached hydrogen (secondary N) is 3. The van der Waals surface area contributed by atoms with E-state index >= 15 is 0 Å². The van der Waals surface area contributed by atoms with Crippen LogP contribution < -0.4 is 21.7 Å². The lowest BCUT2D eigenvalue weighted by Crippen LogP contribution is -2.59. The first kappa shape index (κ1) is 29.9. The monoisotopic (exact) mass is 494 g/mol. The van der Waals surface area contributed by atoms with E-state index in [9.17, 15) is 29.4 Å². The highest BCUT2D eigenvalue weighted by molar-refractivity contribution is 5.94. The summed E-state index contributed by atoms with van der Waals surface area (Å²) < 4.78 is 0. The minimum atomic E-state index is -1.52. The molecule has 0 heterocycles. The number of carbonyl (C=O) groups is 4. The van der Waals surface area contributed by atoms with Gasteiger partial charge in [-0.15, -0.1) is 0 Å². The van der Waals surface area contributed by atoms with Gasteiger partial charge in [0.1, 0.15) is 23.9 Å². The molecule has 196 valence electrons. The smallest absolute Gasteiger partial charge is 0.328 e. The third-order valence-electron chi connectivity index (χ3n) is 6.16. The molecule has 1 aromatic carbocycles. The number of nitrogens with two attached hydrogens (primary N) is 1. The van der Waals surface area contributed by atoms with E-state index in [0.717, 1.165) is 0 Å². The number of aromatic hydroxyl groups is 1. The van der Waals surface area contributed by atoms with Crippen molar-refractivity contribution in [3.63, 3.8) is 0 Å². The molecule has 6 atom stereocenters. The minimum absolute atomic E-state index is 0.0444. The summed E-state index contributed by atoms with van der Waals surface area (Å²) in [7, 11) is 0. The van der Waals surface area contributed by atoms with Crippen LogP contribution in [0.5, 0.6) is 5.75 Å². The van der Waals surface area contributed by atoms with Crippen molar-refractivity contribution in [2.24, 2.45) is 17.6 Å². The Balaban J connectivity index is 3.16. The average molecular weight is 495 g/mol. The fraction of sp³-hybridized carbons (Fsp3) is 0.583. The van der Waals surface area contributed by atoms with Gasteiger partial charge in [0.05, 0.1) is 12.6 Å². The van der Waals surface area contributed by atoms with E-state index in [4.69, 9.17) is 10.8 Å². The zero-order valence-corrected chi connectivity index (χ0v) is 20.7. The number of hydrogen-bond donors (Lipinski definition) is 7. The lowest BCUT2D eigenvalue weighted by molar-refractivity contribution is -0.143. The topological polar surface area (TPSA) is 191 Å². The number of aliphatic carboxylic acids is 1. The van der Waals surface area contributed by atoms with Gasteiger partial charge >= 0.3 is 5.97 Å². The lowest BCUT2D eigenvalue weighted by Gasteiger charge is -2.28. The van der Waals surface area contributed by atoms with Crippen LogP contribution in [0.4, 0.5) is 0 Å². The standard InChI is InChI=1S/C24H38N4O7/c1-5-13(3)19(25)22(32)26-17(11-15-7-9-16(30)10-8-15)21(31)28-20(14(4)6-2)23(33)27-18(12-29)24(34)35/h7-10,13-14,17-20,29-30H,5-6,11-12,25H2,1-4H3,(H,26,32)(H,27,33)(H,28,31)(H,34,35). The van der Waals surface area contributed by atoms with Crippen LogP contribution in [0, 0.1) is 11.8 Å². The highest BCUT2D eigenvalue weighted by Crippen LogP contribution is 2.14. The van der Waals surface area contributed by atoms with Gasteiger partial charge in [0.2, 0.25) is 17.7 Å². The molecular formula is C24H38N4O7. The van der Waals surface area contributed by atoms with E-state index < -0.39 is 54.5 Å². The number of aliphatic hydroxyl groups excluding tert-OH is 1. The molecule has 0 saturated heterocycles. The fourth-order valence-corrected chi connectivity index (χ4v) is 3.26. The number of phenolic OH excluding ortho intramolecular Hbond substituents is 1. The number of carboxylic acids is 1. The summed E-state index contributed by atoms with van der Waals surface area (Å²) in [4.78, 5) is 50.0. The van der Waals surface area contributed by atoms with Gasteiger partial charge in [0.25, 0.3) is 0 Å². The van der Waals surface area contributed by atoms with Crippen LogP contribution in [-0.4, -0.2) is 69.8 Å². The van der Waals surface area contributed by atoms with E-state index in [1.54, 1.807) is 26.0 Å². The van der Waals surface area contributed by atoms with E-state index in [1.165, 1.54) is 12.1 Å². The Morgan fingerprint density at radius 2 is 1.40 bits per heavy atom. The van der Waals surface area contributed by atoms with Crippen molar-refractivity contribution in [2.45, 2.75) is 71.1 Å². The number of hydrogen-bond acceptors (Lipinski definition) is 7. The number of aliphatic hydroxyl groups is 1. The molecule has 11 heteroatoms. The largest absolute Gasteiger partial charge is 0.508 e. The minimum Gasteiger partial charge on any atom is -0.508 e. The Bertz CT molecular complexity index is 862. The highest BCUT2D eigenvalue weighted by Gasteiger charge is 2.33. The summed E-state index contributed by atoms with van der Waals surface area (Å²) in [5, 5.41) is 35.4. The second-order valence-electron chi connectivity index (χ2n) is 8.80. The molecular weight excluding hydrogens is 456 g/mol. The first-order chi connectivity index (χ1) is 16.4. The van der Waals surface area contributed by atoms with Crippen LogP contribution >= 0.6 is 0 Å². The molecule has 1 aromatic rings. The van der Waals surface area contributed by atoms with Crippen molar-refractivity contribution in [1.29, 1.82) is 0 Å². The molecule has 0 aliphatic heterocycles. The van der Waals surface area contributed by atoms with Crippen LogP contribution in [0.3, 0.4) is 0 Å². The van der Waals surface area contributed by atoms with E-state index in [0.29, 0.717) is 18.4 Å². The maximum atomic E-state index is 13.3. The first-order valence-electron chi connectivity index (χ1n) is 11.7. The van der Waals surface area contributed by atoms with Gasteiger partial charge in [-0.25, -0.2) is 4.79 Å². The maximum Gasteiger partial charge on any atom is 0.328 e. The number of benzene rings is 1. The van der Waals surface area contributed by atoms with Gasteiger partial charge in [0.15, 0.2) is 0 Å². The molecule has 0 aromatic heterocycles. The molecule has 8 N–H and O–H groups in total. The van der Waals surface area contributed by atoms with Gasteiger partial charge < -0.3 is 37.0 Å². The summed E-state index contributed by atoms with van der Waals surface area (Å²) in [6.07, 6.45) is 1.21. The summed E-state index contributed by atoms with van der Waals surface area (Å²) in [6.45, 7) is 6.42. The SMILES string of the molecule is CCC(C)C(N)C(=O)NC(Cc1ccc(O)cc1)C(=O)NC(C(=O)NC(CO)C(=O)O)C(C)CC. The zero-order chi connectivity index (χ0) is 26.7. The van der Waals surface area contributed by atoms with Crippen LogP contribution in [0.1, 0.15) is 46.1 Å². The normalized spacial score (nSPS) is 16.2. The molecule has 35 heavy (non-hydrogen) atoms. The molecule has 1 rings (SSSR count). The van der Waals surface area contributed by atoms with Gasteiger partial charge in [0, 0.05) is 6.42 Å². The number of phenols is 1. The van der Waals surface area contributed by atoms with E-state index in [2.05, 4.69) is 16.0 Å². The summed E-state index contributed by atoms with van der Waals surface area (Å²) >= 11 is 0. The summed E-state index contributed by atoms with van der Waals surface area (Å²) in [5.74, 6) is -3.81. The molecule has 0 aliphatic rings. The third kappa shape index (κ3) is 9.18. The van der Waals surface area contributed by atoms with Gasteiger partial charge in [-0.05, 0) is 29.5 Å². The van der Waals surface area contributed by atoms with Crippen molar-refractivity contribution in [3.8, 4) is 5.75 Å². The molecule has 0 bridgehead atoms. The Kier molecular flexibility index (Phi) is 12.2.